The molecule has 0 spiro atoms. The van der Waals surface area contributed by atoms with Gasteiger partial charge in [0.2, 0.25) is 6.29 Å². The molecule has 13 N–H and O–H groups in total. The van der Waals surface area contributed by atoms with Gasteiger partial charge in [0, 0.05) is 0 Å². The molecular formula is C53H86O22. The van der Waals surface area contributed by atoms with Gasteiger partial charge in [-0.2, -0.15) is 0 Å². The minimum absolute atomic E-state index is 0.0845. The molecule has 430 valence electrons. The van der Waals surface area contributed by atoms with Crippen LogP contribution in [0.2, 0.25) is 0 Å². The molecule has 8 fully saturated rings. The Morgan fingerprint density at radius 1 is 0.573 bits per heavy atom. The third-order valence-electron chi connectivity index (χ3n) is 21.0. The number of carbonyl (C=O) groups is 1. The van der Waals surface area contributed by atoms with Crippen LogP contribution in [-0.4, -0.2) is 222 Å². The predicted molar refractivity (Wildman–Crippen MR) is 257 cm³/mol. The number of ether oxygens (including phenoxy) is 8. The summed E-state index contributed by atoms with van der Waals surface area (Å²) in [6.07, 6.45) is -21.8. The highest BCUT2D eigenvalue weighted by molar-refractivity contribution is 5.79. The maximum Gasteiger partial charge on any atom is 0.315 e. The predicted octanol–water partition coefficient (Wildman–Crippen LogP) is -1.40. The topological polar surface area (TPSA) is 354 Å². The highest BCUT2D eigenvalue weighted by atomic mass is 16.8. The lowest BCUT2D eigenvalue weighted by Gasteiger charge is -2.71. The first-order valence-corrected chi connectivity index (χ1v) is 27.2. The molecule has 27 unspecified atom stereocenters. The van der Waals surface area contributed by atoms with Crippen molar-refractivity contribution in [1.29, 1.82) is 0 Å². The van der Waals surface area contributed by atoms with E-state index < -0.39 is 166 Å². The minimum atomic E-state index is -1.86. The van der Waals surface area contributed by atoms with E-state index in [2.05, 4.69) is 54.5 Å². The number of hydrogen-bond donors (Lipinski definition) is 13. The van der Waals surface area contributed by atoms with E-state index in [4.69, 9.17) is 37.9 Å². The van der Waals surface area contributed by atoms with Crippen molar-refractivity contribution in [3.8, 4) is 0 Å². The lowest BCUT2D eigenvalue weighted by Crippen LogP contribution is -2.67. The lowest BCUT2D eigenvalue weighted by atomic mass is 9.33. The van der Waals surface area contributed by atoms with Crippen LogP contribution in [0.15, 0.2) is 11.6 Å². The van der Waals surface area contributed by atoms with Gasteiger partial charge in [0.15, 0.2) is 18.9 Å². The minimum Gasteiger partial charge on any atom is -0.432 e. The zero-order valence-corrected chi connectivity index (χ0v) is 44.2. The summed E-state index contributed by atoms with van der Waals surface area (Å²) in [5, 5.41) is 139. The Kier molecular flexibility index (Phi) is 16.3. The van der Waals surface area contributed by atoms with Gasteiger partial charge in [-0.1, -0.05) is 60.1 Å². The van der Waals surface area contributed by atoms with Crippen molar-refractivity contribution >= 4 is 5.97 Å². The molecule has 22 heteroatoms. The lowest BCUT2D eigenvalue weighted by molar-refractivity contribution is -0.388. The molecule has 0 aromatic heterocycles. The molecule has 9 rings (SSSR count). The van der Waals surface area contributed by atoms with Gasteiger partial charge in [-0.25, -0.2) is 0 Å². The third-order valence-corrected chi connectivity index (χ3v) is 21.0. The highest BCUT2D eigenvalue weighted by Gasteiger charge is 2.70. The first kappa shape index (κ1) is 58.1. The average Bonchev–Trinajstić information content (AvgIpc) is 3.36. The van der Waals surface area contributed by atoms with E-state index in [1.807, 2.05) is 0 Å². The maximum atomic E-state index is 14.7. The van der Waals surface area contributed by atoms with Crippen LogP contribution >= 0.6 is 0 Å². The molecule has 22 nitrogen and oxygen atoms in total. The Bertz CT molecular complexity index is 2060. The second kappa shape index (κ2) is 21.1. The Morgan fingerprint density at radius 2 is 1.16 bits per heavy atom. The van der Waals surface area contributed by atoms with E-state index in [0.29, 0.717) is 25.7 Å². The van der Waals surface area contributed by atoms with Gasteiger partial charge in [0.05, 0.1) is 37.9 Å². The Morgan fingerprint density at radius 3 is 1.83 bits per heavy atom. The summed E-state index contributed by atoms with van der Waals surface area (Å²) in [5.41, 5.74) is -0.954. The van der Waals surface area contributed by atoms with E-state index >= 15 is 0 Å². The fourth-order valence-corrected chi connectivity index (χ4v) is 16.2. The number of allylic oxidation sites excluding steroid dienone is 2. The van der Waals surface area contributed by atoms with Crippen LogP contribution in [0.5, 0.6) is 0 Å². The highest BCUT2D eigenvalue weighted by Crippen LogP contribution is 2.76. The molecule has 0 amide bonds. The summed E-state index contributed by atoms with van der Waals surface area (Å²) in [6.45, 7) is 13.4. The summed E-state index contributed by atoms with van der Waals surface area (Å²) in [5.74, 6) is -0.337. The zero-order valence-electron chi connectivity index (χ0n) is 44.2. The molecule has 0 radical (unpaired) electrons. The number of fused-ring (bicyclic) bond motifs is 7. The maximum absolute atomic E-state index is 14.7. The largest absolute Gasteiger partial charge is 0.432 e. The van der Waals surface area contributed by atoms with Crippen LogP contribution < -0.4 is 0 Å². The fraction of sp³-hybridized carbons (Fsp3) is 0.943. The number of carbonyl (C=O) groups excluding carboxylic acids is 1. The number of esters is 1. The molecule has 4 saturated carbocycles. The van der Waals surface area contributed by atoms with Crippen molar-refractivity contribution in [2.45, 2.75) is 235 Å². The van der Waals surface area contributed by atoms with E-state index in [-0.39, 0.29) is 39.4 Å². The van der Waals surface area contributed by atoms with Crippen LogP contribution in [-0.2, 0) is 42.7 Å². The van der Waals surface area contributed by atoms with Gasteiger partial charge in [0.25, 0.3) is 0 Å². The summed E-state index contributed by atoms with van der Waals surface area (Å²) in [7, 11) is 0. The normalized spacial score (nSPS) is 53.5. The van der Waals surface area contributed by atoms with E-state index in [1.54, 1.807) is 0 Å². The fourth-order valence-electron chi connectivity index (χ4n) is 16.2. The molecule has 4 aliphatic heterocycles. The van der Waals surface area contributed by atoms with Gasteiger partial charge < -0.3 is 104 Å². The van der Waals surface area contributed by atoms with Crippen LogP contribution in [0.3, 0.4) is 0 Å². The summed E-state index contributed by atoms with van der Waals surface area (Å²) >= 11 is 0. The van der Waals surface area contributed by atoms with Crippen molar-refractivity contribution in [2.24, 2.45) is 50.2 Å². The van der Waals surface area contributed by atoms with E-state index in [1.165, 1.54) is 5.57 Å². The zero-order chi connectivity index (χ0) is 54.7. The first-order valence-electron chi connectivity index (χ1n) is 27.2. The molecule has 5 aliphatic carbocycles. The summed E-state index contributed by atoms with van der Waals surface area (Å²) in [4.78, 5) is 14.7. The molecule has 9 aliphatic rings. The first-order chi connectivity index (χ1) is 35.1. The van der Waals surface area contributed by atoms with Crippen molar-refractivity contribution in [3.63, 3.8) is 0 Å². The quantitative estimate of drug-likeness (QED) is 0.0643. The van der Waals surface area contributed by atoms with Gasteiger partial charge in [-0.3, -0.25) is 4.79 Å². The van der Waals surface area contributed by atoms with Crippen molar-refractivity contribution in [3.05, 3.63) is 11.6 Å². The van der Waals surface area contributed by atoms with E-state index in [9.17, 15) is 71.2 Å². The van der Waals surface area contributed by atoms with Gasteiger partial charge >= 0.3 is 5.97 Å². The number of hydrogen-bond acceptors (Lipinski definition) is 22. The van der Waals surface area contributed by atoms with Crippen LogP contribution in [0.4, 0.5) is 0 Å². The molecule has 0 aromatic carbocycles. The van der Waals surface area contributed by atoms with Crippen LogP contribution in [0.25, 0.3) is 0 Å². The SMILES string of the molecule is CC1(C)CCC2(C(=O)OC3OC(CO)C(O)C(O)C3O)CCC3(C)C(=CCC4C5(C)CCC(OC6OC(CO)C(O)C(OC7OC(CO)C(O)C(O)C7OC7OCC(O)C(O)C7O)C6O)C(C)(C)C5CCC43C)C2C1. The molecule has 0 aromatic rings. The molecule has 0 bridgehead atoms. The summed E-state index contributed by atoms with van der Waals surface area (Å²) < 4.78 is 47.7. The van der Waals surface area contributed by atoms with Gasteiger partial charge in [-0.15, -0.1) is 0 Å². The number of rotatable bonds is 11. The van der Waals surface area contributed by atoms with Crippen LogP contribution in [0, 0.1) is 50.2 Å². The Balaban J connectivity index is 0.934. The molecular weight excluding hydrogens is 989 g/mol. The third kappa shape index (κ3) is 9.50. The Labute approximate surface area is 437 Å². The molecule has 75 heavy (non-hydrogen) atoms. The standard InChI is InChI=1S/C53H86O22/c1-48(2)14-16-53(47(67)75-44-39(65)36(62)33(59)26(19-54)69-44)17-15-51(6)23(24(53)18-48)8-9-30-50(5)12-11-31(49(3,4)29(50)10-13-52(30,51)7)72-45-40(66)41(35(61)28(21-56)70-45)73-46-42(37(63)34(60)27(20-55)71-46)74-43-38(64)32(58)25(57)22-68-43/h8,24-46,54-66H,9-22H2,1-7H3. The van der Waals surface area contributed by atoms with Crippen molar-refractivity contribution in [1.82, 2.24) is 0 Å². The molecule has 4 saturated heterocycles. The summed E-state index contributed by atoms with van der Waals surface area (Å²) in [6, 6.07) is 0. The average molecular weight is 1080 g/mol. The van der Waals surface area contributed by atoms with Gasteiger partial charge in [0.1, 0.15) is 91.6 Å². The second-order valence-electron chi connectivity index (χ2n) is 25.8. The van der Waals surface area contributed by atoms with Crippen molar-refractivity contribution in [2.75, 3.05) is 26.4 Å². The number of aliphatic hydroxyl groups is 13. The van der Waals surface area contributed by atoms with Gasteiger partial charge in [-0.05, 0) is 109 Å². The Hall–Kier alpha value is -1.59. The monoisotopic (exact) mass is 1070 g/mol. The molecule has 4 heterocycles. The van der Waals surface area contributed by atoms with Crippen LogP contribution in [0.1, 0.15) is 113 Å². The van der Waals surface area contributed by atoms with Crippen molar-refractivity contribution < 1.29 is 109 Å². The second-order valence-corrected chi connectivity index (χ2v) is 25.8. The van der Waals surface area contributed by atoms with E-state index in [0.717, 1.165) is 38.5 Å². The number of aliphatic hydroxyl groups excluding tert-OH is 13. The smallest absolute Gasteiger partial charge is 0.315 e. The molecule has 27 atom stereocenters.